The van der Waals surface area contributed by atoms with Crippen LogP contribution in [0.2, 0.25) is 0 Å². The molecule has 1 aliphatic heterocycles. The number of nitrogens with zero attached hydrogens (tertiary/aromatic N) is 3. The van der Waals surface area contributed by atoms with Crippen molar-refractivity contribution in [1.82, 2.24) is 8.75 Å². The van der Waals surface area contributed by atoms with Crippen LogP contribution < -0.4 is 4.90 Å². The minimum atomic E-state index is 0.127. The molecular weight excluding hydrogens is 242 g/mol. The first-order valence-corrected chi connectivity index (χ1v) is 6.19. The SMILES string of the molecule is O=C1CC(S)CN1c1ccc2nsnc2c1. The van der Waals surface area contributed by atoms with E-state index in [1.165, 1.54) is 11.7 Å². The standard InChI is InChI=1S/C10H9N3OS2/c14-10-4-7(15)5-13(10)6-1-2-8-9(3-6)12-16-11-8/h1-3,7,15H,4-5H2. The molecule has 1 saturated heterocycles. The van der Waals surface area contributed by atoms with Gasteiger partial charge in [-0.15, -0.1) is 0 Å². The second kappa shape index (κ2) is 3.71. The van der Waals surface area contributed by atoms with Gasteiger partial charge in [0.25, 0.3) is 0 Å². The highest BCUT2D eigenvalue weighted by Gasteiger charge is 2.28. The van der Waals surface area contributed by atoms with E-state index in [-0.39, 0.29) is 11.2 Å². The molecule has 6 heteroatoms. The van der Waals surface area contributed by atoms with E-state index >= 15 is 0 Å². The van der Waals surface area contributed by atoms with Gasteiger partial charge < -0.3 is 4.90 Å². The van der Waals surface area contributed by atoms with E-state index in [0.29, 0.717) is 13.0 Å². The van der Waals surface area contributed by atoms with Crippen LogP contribution in [-0.2, 0) is 4.79 Å². The third-order valence-electron chi connectivity index (χ3n) is 2.65. The number of thiol groups is 1. The molecule has 1 aliphatic rings. The maximum Gasteiger partial charge on any atom is 0.228 e. The van der Waals surface area contributed by atoms with Gasteiger partial charge in [0.2, 0.25) is 5.91 Å². The van der Waals surface area contributed by atoms with Gasteiger partial charge >= 0.3 is 0 Å². The molecule has 4 nitrogen and oxygen atoms in total. The summed E-state index contributed by atoms with van der Waals surface area (Å²) in [6.45, 7) is 0.672. The number of hydrogen-bond donors (Lipinski definition) is 1. The van der Waals surface area contributed by atoms with Gasteiger partial charge in [0.1, 0.15) is 11.0 Å². The predicted octanol–water partition coefficient (Wildman–Crippen LogP) is 1.73. The third kappa shape index (κ3) is 1.58. The molecule has 1 aromatic heterocycles. The lowest BCUT2D eigenvalue weighted by atomic mass is 10.2. The van der Waals surface area contributed by atoms with Crippen molar-refractivity contribution in [2.24, 2.45) is 0 Å². The summed E-state index contributed by atoms with van der Waals surface area (Å²) < 4.78 is 8.30. The molecule has 1 amide bonds. The number of fused-ring (bicyclic) bond motifs is 1. The average molecular weight is 251 g/mol. The molecule has 1 aromatic carbocycles. The molecule has 82 valence electrons. The van der Waals surface area contributed by atoms with Crippen molar-refractivity contribution >= 4 is 47.0 Å². The zero-order valence-electron chi connectivity index (χ0n) is 8.33. The molecule has 0 bridgehead atoms. The molecule has 0 aliphatic carbocycles. The Morgan fingerprint density at radius 1 is 1.38 bits per heavy atom. The first-order valence-electron chi connectivity index (χ1n) is 4.95. The number of benzene rings is 1. The van der Waals surface area contributed by atoms with Gasteiger partial charge in [-0.2, -0.15) is 21.4 Å². The van der Waals surface area contributed by atoms with E-state index in [4.69, 9.17) is 0 Å². The van der Waals surface area contributed by atoms with Crippen LogP contribution in [0.25, 0.3) is 11.0 Å². The number of hydrogen-bond acceptors (Lipinski definition) is 5. The normalized spacial score (nSPS) is 20.9. The Kier molecular flexibility index (Phi) is 2.33. The summed E-state index contributed by atoms with van der Waals surface area (Å²) in [4.78, 5) is 13.5. The molecule has 1 unspecified atom stereocenters. The minimum absolute atomic E-state index is 0.127. The van der Waals surface area contributed by atoms with Crippen molar-refractivity contribution in [3.8, 4) is 0 Å². The summed E-state index contributed by atoms with van der Waals surface area (Å²) in [6.07, 6.45) is 0.510. The zero-order valence-corrected chi connectivity index (χ0v) is 10.0. The summed E-state index contributed by atoms with van der Waals surface area (Å²) >= 11 is 5.52. The highest BCUT2D eigenvalue weighted by Crippen LogP contribution is 2.26. The lowest BCUT2D eigenvalue weighted by Gasteiger charge is -2.15. The van der Waals surface area contributed by atoms with Crippen molar-refractivity contribution in [3.05, 3.63) is 18.2 Å². The maximum absolute atomic E-state index is 11.7. The maximum atomic E-state index is 11.7. The number of anilines is 1. The van der Waals surface area contributed by atoms with Gasteiger partial charge in [-0.1, -0.05) is 0 Å². The lowest BCUT2D eigenvalue weighted by Crippen LogP contribution is -2.24. The molecule has 3 rings (SSSR count). The van der Waals surface area contributed by atoms with Crippen LogP contribution in [0.1, 0.15) is 6.42 Å². The van der Waals surface area contributed by atoms with Crippen molar-refractivity contribution < 1.29 is 4.79 Å². The topological polar surface area (TPSA) is 46.1 Å². The summed E-state index contributed by atoms with van der Waals surface area (Å²) in [5.74, 6) is 0.127. The Morgan fingerprint density at radius 3 is 2.94 bits per heavy atom. The van der Waals surface area contributed by atoms with E-state index in [1.54, 1.807) is 4.90 Å². The van der Waals surface area contributed by atoms with Gasteiger partial charge in [0, 0.05) is 23.9 Å². The molecule has 0 radical (unpaired) electrons. The van der Waals surface area contributed by atoms with E-state index < -0.39 is 0 Å². The Hall–Kier alpha value is -1.14. The van der Waals surface area contributed by atoms with Gasteiger partial charge in [0.05, 0.1) is 11.7 Å². The van der Waals surface area contributed by atoms with E-state index in [9.17, 15) is 4.79 Å². The molecule has 2 heterocycles. The van der Waals surface area contributed by atoms with Gasteiger partial charge in [-0.3, -0.25) is 4.79 Å². The summed E-state index contributed by atoms with van der Waals surface area (Å²) in [6, 6.07) is 5.71. The molecule has 1 atom stereocenters. The monoisotopic (exact) mass is 251 g/mol. The summed E-state index contributed by atoms with van der Waals surface area (Å²) in [5, 5.41) is 0.136. The minimum Gasteiger partial charge on any atom is -0.311 e. The number of amides is 1. The van der Waals surface area contributed by atoms with E-state index in [0.717, 1.165) is 16.7 Å². The Labute approximate surface area is 102 Å². The molecule has 2 aromatic rings. The molecule has 0 spiro atoms. The number of carbonyl (C=O) groups excluding carboxylic acids is 1. The first kappa shape index (κ1) is 10.0. The van der Waals surface area contributed by atoms with E-state index in [1.807, 2.05) is 18.2 Å². The van der Waals surface area contributed by atoms with Crippen LogP contribution in [0.15, 0.2) is 18.2 Å². The van der Waals surface area contributed by atoms with Crippen LogP contribution in [0.3, 0.4) is 0 Å². The highest BCUT2D eigenvalue weighted by atomic mass is 32.1. The molecule has 0 saturated carbocycles. The largest absolute Gasteiger partial charge is 0.311 e. The third-order valence-corrected chi connectivity index (χ3v) is 3.56. The average Bonchev–Trinajstić information content (AvgIpc) is 2.83. The second-order valence-electron chi connectivity index (χ2n) is 3.80. The van der Waals surface area contributed by atoms with Gasteiger partial charge in [0.15, 0.2) is 0 Å². The fourth-order valence-corrected chi connectivity index (χ4v) is 2.71. The molecule has 1 fully saturated rings. The fourth-order valence-electron chi connectivity index (χ4n) is 1.88. The Balaban J connectivity index is 2.02. The second-order valence-corrected chi connectivity index (χ2v) is 5.06. The number of rotatable bonds is 1. The van der Waals surface area contributed by atoms with Crippen LogP contribution in [0.5, 0.6) is 0 Å². The molecule has 16 heavy (non-hydrogen) atoms. The van der Waals surface area contributed by atoms with E-state index in [2.05, 4.69) is 21.4 Å². The smallest absolute Gasteiger partial charge is 0.228 e. The fraction of sp³-hybridized carbons (Fsp3) is 0.300. The van der Waals surface area contributed by atoms with Gasteiger partial charge in [-0.05, 0) is 18.2 Å². The highest BCUT2D eigenvalue weighted by molar-refractivity contribution is 7.81. The predicted molar refractivity (Wildman–Crippen MR) is 67.2 cm³/mol. The number of aromatic nitrogens is 2. The van der Waals surface area contributed by atoms with Crippen LogP contribution in [-0.4, -0.2) is 26.4 Å². The summed E-state index contributed by atoms with van der Waals surface area (Å²) in [5.41, 5.74) is 2.61. The van der Waals surface area contributed by atoms with Crippen LogP contribution in [0.4, 0.5) is 5.69 Å². The van der Waals surface area contributed by atoms with Crippen LogP contribution >= 0.6 is 24.4 Å². The van der Waals surface area contributed by atoms with Crippen molar-refractivity contribution in [1.29, 1.82) is 0 Å². The summed E-state index contributed by atoms with van der Waals surface area (Å²) in [7, 11) is 0. The molecular formula is C10H9N3OS2. The van der Waals surface area contributed by atoms with Crippen molar-refractivity contribution in [2.75, 3.05) is 11.4 Å². The quantitative estimate of drug-likeness (QED) is 0.785. The van der Waals surface area contributed by atoms with Crippen LogP contribution in [0, 0.1) is 0 Å². The Morgan fingerprint density at radius 2 is 2.19 bits per heavy atom. The first-order chi connectivity index (χ1) is 7.74. The lowest BCUT2D eigenvalue weighted by molar-refractivity contribution is -0.117. The van der Waals surface area contributed by atoms with Crippen molar-refractivity contribution in [3.63, 3.8) is 0 Å². The van der Waals surface area contributed by atoms with Crippen molar-refractivity contribution in [2.45, 2.75) is 11.7 Å². The number of carbonyl (C=O) groups is 1. The molecule has 0 N–H and O–H groups in total. The van der Waals surface area contributed by atoms with Gasteiger partial charge in [-0.25, -0.2) is 0 Å². The zero-order chi connectivity index (χ0) is 11.1. The Bertz CT molecular complexity index is 554.